The number of carboxylic acid groups (broad SMARTS) is 1. The van der Waals surface area contributed by atoms with Gasteiger partial charge in [0.25, 0.3) is 0 Å². The fraction of sp³-hybridized carbons (Fsp3) is 0.545. The largest absolute Gasteiger partial charge is 0.480 e. The van der Waals surface area contributed by atoms with Gasteiger partial charge in [-0.15, -0.1) is 23.1 Å². The Bertz CT molecular complexity index is 686. The molecule has 21 heavy (non-hydrogen) atoms. The van der Waals surface area contributed by atoms with E-state index in [-0.39, 0.29) is 30.6 Å². The Hall–Kier alpha value is 0.01000. The first-order valence-electron chi connectivity index (χ1n) is 6.15. The molecule has 1 aromatic heterocycles. The Morgan fingerprint density at radius 2 is 2.05 bits per heavy atom. The van der Waals surface area contributed by atoms with Crippen molar-refractivity contribution in [2.45, 2.75) is 29.2 Å². The number of halogens is 2. The lowest BCUT2D eigenvalue weighted by Gasteiger charge is -2.26. The molecule has 10 heteroatoms. The lowest BCUT2D eigenvalue weighted by Crippen LogP contribution is -2.46. The van der Waals surface area contributed by atoms with Gasteiger partial charge in [-0.25, -0.2) is 8.42 Å². The van der Waals surface area contributed by atoms with Crippen molar-refractivity contribution in [1.29, 1.82) is 0 Å². The Balaban J connectivity index is 2.04. The van der Waals surface area contributed by atoms with Gasteiger partial charge in [0, 0.05) is 5.75 Å². The molecule has 1 saturated carbocycles. The molecular formula is C11H11Cl2NO4S3. The minimum atomic E-state index is -3.97. The first kappa shape index (κ1) is 15.9. The van der Waals surface area contributed by atoms with Crippen molar-refractivity contribution in [2.24, 2.45) is 5.92 Å². The average molecular weight is 388 g/mol. The van der Waals surface area contributed by atoms with Crippen molar-refractivity contribution in [3.05, 3.63) is 14.7 Å². The van der Waals surface area contributed by atoms with E-state index in [1.807, 2.05) is 0 Å². The molecule has 2 atom stereocenters. The van der Waals surface area contributed by atoms with Crippen LogP contribution in [0.4, 0.5) is 0 Å². The van der Waals surface area contributed by atoms with Crippen LogP contribution < -0.4 is 0 Å². The highest BCUT2D eigenvalue weighted by Crippen LogP contribution is 2.48. The fourth-order valence-electron chi connectivity index (χ4n) is 2.34. The highest BCUT2D eigenvalue weighted by Gasteiger charge is 2.52. The van der Waals surface area contributed by atoms with Crippen molar-refractivity contribution >= 4 is 62.3 Å². The molecule has 1 aromatic rings. The minimum Gasteiger partial charge on any atom is -0.480 e. The van der Waals surface area contributed by atoms with Gasteiger partial charge in [0.15, 0.2) is 0 Å². The molecule has 3 rings (SSSR count). The highest BCUT2D eigenvalue weighted by molar-refractivity contribution is 8.01. The van der Waals surface area contributed by atoms with Gasteiger partial charge in [-0.1, -0.05) is 23.2 Å². The van der Waals surface area contributed by atoms with Gasteiger partial charge in [0.05, 0.1) is 9.71 Å². The zero-order valence-electron chi connectivity index (χ0n) is 10.5. The normalized spacial score (nSPS) is 27.1. The zero-order chi connectivity index (χ0) is 15.4. The van der Waals surface area contributed by atoms with E-state index in [2.05, 4.69) is 0 Å². The van der Waals surface area contributed by atoms with E-state index in [9.17, 15) is 18.3 Å². The number of thioether (sulfide) groups is 1. The van der Waals surface area contributed by atoms with E-state index in [1.165, 1.54) is 17.8 Å². The topological polar surface area (TPSA) is 74.7 Å². The maximum absolute atomic E-state index is 12.8. The number of hydrogen-bond donors (Lipinski definition) is 1. The minimum absolute atomic E-state index is 0.0654. The van der Waals surface area contributed by atoms with Crippen molar-refractivity contribution in [2.75, 3.05) is 5.75 Å². The van der Waals surface area contributed by atoms with Crippen LogP contribution in [0.15, 0.2) is 11.0 Å². The van der Waals surface area contributed by atoms with Crippen LogP contribution in [-0.2, 0) is 14.8 Å². The zero-order valence-corrected chi connectivity index (χ0v) is 14.5. The number of thiophene rings is 1. The molecule has 0 aromatic carbocycles. The first-order valence-corrected chi connectivity index (χ1v) is 10.2. The maximum atomic E-state index is 12.8. The van der Waals surface area contributed by atoms with E-state index in [1.54, 1.807) is 0 Å². The summed E-state index contributed by atoms with van der Waals surface area (Å²) in [7, 11) is -3.97. The van der Waals surface area contributed by atoms with E-state index < -0.39 is 22.0 Å². The van der Waals surface area contributed by atoms with Crippen molar-refractivity contribution in [3.8, 4) is 0 Å². The Morgan fingerprint density at radius 1 is 1.38 bits per heavy atom. The van der Waals surface area contributed by atoms with Gasteiger partial charge in [-0.2, -0.15) is 4.31 Å². The third-order valence-electron chi connectivity index (χ3n) is 3.47. The second kappa shape index (κ2) is 5.58. The number of hydrogen-bond acceptors (Lipinski definition) is 5. The van der Waals surface area contributed by atoms with Crippen LogP contribution in [0.3, 0.4) is 0 Å². The summed E-state index contributed by atoms with van der Waals surface area (Å²) in [5, 5.41) is 8.98. The molecule has 2 fully saturated rings. The van der Waals surface area contributed by atoms with E-state index in [0.29, 0.717) is 0 Å². The Morgan fingerprint density at radius 3 is 2.52 bits per heavy atom. The van der Waals surface area contributed by atoms with Crippen molar-refractivity contribution in [3.63, 3.8) is 0 Å². The molecule has 1 aliphatic carbocycles. The van der Waals surface area contributed by atoms with Crippen molar-refractivity contribution in [1.82, 2.24) is 4.31 Å². The second-order valence-electron chi connectivity index (χ2n) is 4.94. The predicted octanol–water partition coefficient (Wildman–Crippen LogP) is 2.98. The van der Waals surface area contributed by atoms with E-state index in [0.717, 1.165) is 28.5 Å². The molecule has 1 N–H and O–H groups in total. The van der Waals surface area contributed by atoms with Crippen LogP contribution in [0.25, 0.3) is 0 Å². The number of carbonyl (C=O) groups is 1. The SMILES string of the molecule is O=C(O)C1CSC(C2CC2)N1S(=O)(=O)c1cc(Cl)sc1Cl. The Kier molecular flexibility index (Phi) is 4.22. The number of carboxylic acids is 1. The molecule has 2 heterocycles. The van der Waals surface area contributed by atoms with Gasteiger partial charge >= 0.3 is 5.97 Å². The number of aliphatic carboxylic acids is 1. The predicted molar refractivity (Wildman–Crippen MR) is 83.8 cm³/mol. The highest BCUT2D eigenvalue weighted by atomic mass is 35.5. The first-order chi connectivity index (χ1) is 9.82. The van der Waals surface area contributed by atoms with Crippen LogP contribution in [0.2, 0.25) is 8.67 Å². The summed E-state index contributed by atoms with van der Waals surface area (Å²) >= 11 is 14.1. The Labute approximate surface area is 140 Å². The quantitative estimate of drug-likeness (QED) is 0.859. The standard InChI is InChI=1S/C11H11Cl2NO4S3/c12-8-3-7(9(13)20-8)21(17,18)14-6(11(15)16)4-19-10(14)5-1-2-5/h3,5-6,10H,1-2,4H2,(H,15,16). The molecule has 5 nitrogen and oxygen atoms in total. The van der Waals surface area contributed by atoms with Gasteiger partial charge in [0.1, 0.15) is 15.3 Å². The summed E-state index contributed by atoms with van der Waals surface area (Å²) in [6, 6.07) is 0.232. The molecule has 0 amide bonds. The lowest BCUT2D eigenvalue weighted by molar-refractivity contribution is -0.140. The summed E-state index contributed by atoms with van der Waals surface area (Å²) in [5.41, 5.74) is 0. The molecule has 0 radical (unpaired) electrons. The molecule has 116 valence electrons. The van der Waals surface area contributed by atoms with Crippen LogP contribution in [0.5, 0.6) is 0 Å². The van der Waals surface area contributed by atoms with Gasteiger partial charge in [0.2, 0.25) is 10.0 Å². The third kappa shape index (κ3) is 2.82. The molecule has 2 unspecified atom stereocenters. The monoisotopic (exact) mass is 387 g/mol. The summed E-state index contributed by atoms with van der Waals surface area (Å²) in [5.74, 6) is -0.653. The summed E-state index contributed by atoms with van der Waals surface area (Å²) in [4.78, 5) is 11.3. The van der Waals surface area contributed by atoms with Crippen LogP contribution >= 0.6 is 46.3 Å². The third-order valence-corrected chi connectivity index (χ3v) is 8.71. The lowest BCUT2D eigenvalue weighted by atomic mass is 10.3. The molecule has 1 aliphatic heterocycles. The van der Waals surface area contributed by atoms with Gasteiger partial charge < -0.3 is 5.11 Å². The molecule has 1 saturated heterocycles. The second-order valence-corrected chi connectivity index (χ2v) is 10.2. The van der Waals surface area contributed by atoms with Crippen molar-refractivity contribution < 1.29 is 18.3 Å². The molecule has 0 bridgehead atoms. The summed E-state index contributed by atoms with van der Waals surface area (Å²) < 4.78 is 27.1. The molecular weight excluding hydrogens is 377 g/mol. The average Bonchev–Trinajstić information content (AvgIpc) is 3.02. The number of sulfonamides is 1. The van der Waals surface area contributed by atoms with Crippen LogP contribution in [0, 0.1) is 5.92 Å². The molecule has 0 spiro atoms. The molecule has 2 aliphatic rings. The van der Waals surface area contributed by atoms with Crippen LogP contribution in [0.1, 0.15) is 12.8 Å². The summed E-state index contributed by atoms with van der Waals surface area (Å²) in [6.45, 7) is 0. The van der Waals surface area contributed by atoms with E-state index >= 15 is 0 Å². The fourth-order valence-corrected chi connectivity index (χ4v) is 8.26. The summed E-state index contributed by atoms with van der Waals surface area (Å²) in [6.07, 6.45) is 1.85. The van der Waals surface area contributed by atoms with Gasteiger partial charge in [-0.3, -0.25) is 4.79 Å². The maximum Gasteiger partial charge on any atom is 0.322 e. The van der Waals surface area contributed by atoms with E-state index in [4.69, 9.17) is 23.2 Å². The smallest absolute Gasteiger partial charge is 0.322 e. The van der Waals surface area contributed by atoms with Crippen LogP contribution in [-0.4, -0.2) is 41.0 Å². The van der Waals surface area contributed by atoms with Gasteiger partial charge in [-0.05, 0) is 24.8 Å². The number of rotatable bonds is 4. The number of nitrogens with zero attached hydrogens (tertiary/aromatic N) is 1.